The smallest absolute Gasteiger partial charge is 0.0113 e. The molecule has 0 bridgehead atoms. The van der Waals surface area contributed by atoms with E-state index in [2.05, 4.69) is 23.6 Å². The molecule has 3 rings (SSSR count). The molecule has 1 saturated heterocycles. The van der Waals surface area contributed by atoms with Gasteiger partial charge < -0.3 is 4.90 Å². The lowest BCUT2D eigenvalue weighted by Gasteiger charge is -2.47. The van der Waals surface area contributed by atoms with Crippen LogP contribution >= 0.6 is 0 Å². The Bertz CT molecular complexity index is 295. The van der Waals surface area contributed by atoms with Crippen molar-refractivity contribution in [1.29, 1.82) is 0 Å². The third kappa shape index (κ3) is 4.01. The second-order valence-electron chi connectivity index (χ2n) is 8.03. The van der Waals surface area contributed by atoms with E-state index < -0.39 is 0 Å². The van der Waals surface area contributed by atoms with Crippen LogP contribution < -0.4 is 0 Å². The number of nitrogens with zero attached hydrogens (tertiary/aromatic N) is 2. The monoisotopic (exact) mass is 292 g/mol. The Hall–Kier alpha value is -0.0800. The summed E-state index contributed by atoms with van der Waals surface area (Å²) in [6, 6.07) is 0.942. The summed E-state index contributed by atoms with van der Waals surface area (Å²) in [6.45, 7) is 11.5. The first kappa shape index (κ1) is 15.8. The molecule has 0 amide bonds. The van der Waals surface area contributed by atoms with Crippen molar-refractivity contribution in [2.75, 3.05) is 32.7 Å². The molecule has 0 aromatic rings. The van der Waals surface area contributed by atoms with Crippen molar-refractivity contribution in [3.8, 4) is 0 Å². The Labute approximate surface area is 132 Å². The van der Waals surface area contributed by atoms with Crippen LogP contribution in [-0.4, -0.2) is 48.6 Å². The highest BCUT2D eigenvalue weighted by Crippen LogP contribution is 2.35. The fraction of sp³-hybridized carbons (Fsp3) is 1.00. The molecular weight excluding hydrogens is 256 g/mol. The van der Waals surface area contributed by atoms with Gasteiger partial charge in [-0.15, -0.1) is 0 Å². The van der Waals surface area contributed by atoms with Crippen LogP contribution in [0.5, 0.6) is 0 Å². The first-order valence-electron chi connectivity index (χ1n) is 9.74. The van der Waals surface area contributed by atoms with Gasteiger partial charge in [0.25, 0.3) is 0 Å². The summed E-state index contributed by atoms with van der Waals surface area (Å²) in [6.07, 6.45) is 11.8. The molecule has 3 fully saturated rings. The van der Waals surface area contributed by atoms with Gasteiger partial charge in [0.1, 0.15) is 0 Å². The molecule has 0 spiro atoms. The van der Waals surface area contributed by atoms with Crippen LogP contribution in [0.1, 0.15) is 65.2 Å². The van der Waals surface area contributed by atoms with E-state index in [9.17, 15) is 0 Å². The number of hydrogen-bond acceptors (Lipinski definition) is 2. The van der Waals surface area contributed by atoms with Gasteiger partial charge >= 0.3 is 0 Å². The van der Waals surface area contributed by atoms with Gasteiger partial charge in [0.05, 0.1) is 0 Å². The summed E-state index contributed by atoms with van der Waals surface area (Å²) >= 11 is 0. The molecule has 0 aromatic heterocycles. The third-order valence-corrected chi connectivity index (χ3v) is 6.77. The molecule has 1 aliphatic heterocycles. The van der Waals surface area contributed by atoms with Crippen molar-refractivity contribution in [2.24, 2.45) is 17.8 Å². The highest BCUT2D eigenvalue weighted by Gasteiger charge is 2.34. The second-order valence-corrected chi connectivity index (χ2v) is 8.03. The fourth-order valence-electron chi connectivity index (χ4n) is 4.83. The Morgan fingerprint density at radius 3 is 1.86 bits per heavy atom. The summed E-state index contributed by atoms with van der Waals surface area (Å²) in [5, 5.41) is 0. The van der Waals surface area contributed by atoms with Crippen LogP contribution in [0.15, 0.2) is 0 Å². The maximum atomic E-state index is 2.79. The summed E-state index contributed by atoms with van der Waals surface area (Å²) in [7, 11) is 0. The third-order valence-electron chi connectivity index (χ3n) is 6.77. The molecule has 2 aliphatic carbocycles. The van der Waals surface area contributed by atoms with Gasteiger partial charge in [-0.1, -0.05) is 39.5 Å². The first-order valence-corrected chi connectivity index (χ1v) is 9.74. The van der Waals surface area contributed by atoms with Gasteiger partial charge in [-0.05, 0) is 43.4 Å². The molecule has 0 aromatic carbocycles. The van der Waals surface area contributed by atoms with E-state index in [0.717, 1.165) is 23.8 Å². The van der Waals surface area contributed by atoms with E-state index in [1.54, 1.807) is 0 Å². The van der Waals surface area contributed by atoms with Crippen molar-refractivity contribution < 1.29 is 0 Å². The van der Waals surface area contributed by atoms with Crippen molar-refractivity contribution in [3.05, 3.63) is 0 Å². The van der Waals surface area contributed by atoms with Crippen molar-refractivity contribution in [1.82, 2.24) is 9.80 Å². The van der Waals surface area contributed by atoms with Gasteiger partial charge in [-0.3, -0.25) is 4.90 Å². The summed E-state index contributed by atoms with van der Waals surface area (Å²) in [4.78, 5) is 5.56. The zero-order valence-corrected chi connectivity index (χ0v) is 14.4. The first-order chi connectivity index (χ1) is 10.3. The van der Waals surface area contributed by atoms with E-state index in [-0.39, 0.29) is 0 Å². The van der Waals surface area contributed by atoms with Gasteiger partial charge in [0, 0.05) is 38.8 Å². The lowest BCUT2D eigenvalue weighted by atomic mass is 9.77. The average molecular weight is 293 g/mol. The van der Waals surface area contributed by atoms with Crippen molar-refractivity contribution in [2.45, 2.75) is 71.3 Å². The molecule has 3 aliphatic rings. The molecule has 0 atom stereocenters. The highest BCUT2D eigenvalue weighted by atomic mass is 15.3. The minimum atomic E-state index is 0.942. The molecule has 1 heterocycles. The van der Waals surface area contributed by atoms with Crippen LogP contribution in [0.3, 0.4) is 0 Å². The molecule has 122 valence electrons. The van der Waals surface area contributed by atoms with E-state index in [4.69, 9.17) is 0 Å². The molecule has 21 heavy (non-hydrogen) atoms. The minimum Gasteiger partial charge on any atom is -0.301 e. The zero-order valence-electron chi connectivity index (χ0n) is 14.4. The molecule has 2 nitrogen and oxygen atoms in total. The maximum absolute atomic E-state index is 2.79. The predicted octanol–water partition coefficient (Wildman–Crippen LogP) is 4.01. The molecule has 0 unspecified atom stereocenters. The lowest BCUT2D eigenvalue weighted by molar-refractivity contribution is 0.0253. The van der Waals surface area contributed by atoms with Crippen LogP contribution in [0.4, 0.5) is 0 Å². The number of rotatable bonds is 5. The SMILES string of the molecule is CCC1CCC(CN2CCN(C3CC(CC)C3)CC2)CC1. The summed E-state index contributed by atoms with van der Waals surface area (Å²) in [5.74, 6) is 3.09. The number of hydrogen-bond donors (Lipinski definition) is 0. The zero-order chi connectivity index (χ0) is 14.7. The van der Waals surface area contributed by atoms with Crippen LogP contribution in [-0.2, 0) is 0 Å². The van der Waals surface area contributed by atoms with Crippen LogP contribution in [0.25, 0.3) is 0 Å². The van der Waals surface area contributed by atoms with Crippen LogP contribution in [0, 0.1) is 17.8 Å². The van der Waals surface area contributed by atoms with E-state index in [1.165, 1.54) is 84.1 Å². The molecule has 0 N–H and O–H groups in total. The van der Waals surface area contributed by atoms with Gasteiger partial charge in [-0.25, -0.2) is 0 Å². The van der Waals surface area contributed by atoms with Crippen molar-refractivity contribution >= 4 is 0 Å². The standard InChI is InChI=1S/C19H36N2/c1-3-16-5-7-18(8-6-16)15-20-9-11-21(12-10-20)19-13-17(4-2)14-19/h16-19H,3-15H2,1-2H3. The van der Waals surface area contributed by atoms with E-state index in [1.807, 2.05) is 0 Å². The quantitative estimate of drug-likeness (QED) is 0.755. The van der Waals surface area contributed by atoms with Gasteiger partial charge in [-0.2, -0.15) is 0 Å². The Balaban J connectivity index is 1.33. The topological polar surface area (TPSA) is 6.48 Å². The molecule has 2 saturated carbocycles. The molecule has 2 heteroatoms. The van der Waals surface area contributed by atoms with E-state index >= 15 is 0 Å². The second kappa shape index (κ2) is 7.46. The predicted molar refractivity (Wildman–Crippen MR) is 90.6 cm³/mol. The minimum absolute atomic E-state index is 0.942. The van der Waals surface area contributed by atoms with Crippen molar-refractivity contribution in [3.63, 3.8) is 0 Å². The lowest BCUT2D eigenvalue weighted by Crippen LogP contribution is -2.54. The Morgan fingerprint density at radius 2 is 1.29 bits per heavy atom. The normalized spacial score (nSPS) is 39.1. The average Bonchev–Trinajstić information content (AvgIpc) is 2.49. The largest absolute Gasteiger partial charge is 0.301 e. The van der Waals surface area contributed by atoms with Gasteiger partial charge in [0.2, 0.25) is 0 Å². The van der Waals surface area contributed by atoms with Gasteiger partial charge in [0.15, 0.2) is 0 Å². The molecule has 0 radical (unpaired) electrons. The summed E-state index contributed by atoms with van der Waals surface area (Å²) in [5.41, 5.74) is 0. The maximum Gasteiger partial charge on any atom is 0.0113 e. The fourth-order valence-corrected chi connectivity index (χ4v) is 4.83. The van der Waals surface area contributed by atoms with Crippen LogP contribution in [0.2, 0.25) is 0 Å². The Morgan fingerprint density at radius 1 is 0.714 bits per heavy atom. The summed E-state index contributed by atoms with van der Waals surface area (Å²) < 4.78 is 0. The van der Waals surface area contributed by atoms with E-state index in [0.29, 0.717) is 0 Å². The molecular formula is C19H36N2. The number of piperazine rings is 1. The highest BCUT2D eigenvalue weighted by molar-refractivity contribution is 4.89. The Kier molecular flexibility index (Phi) is 5.61.